The summed E-state index contributed by atoms with van der Waals surface area (Å²) in [5.74, 6) is 1.24. The van der Waals surface area contributed by atoms with E-state index in [1.807, 2.05) is 39.5 Å². The van der Waals surface area contributed by atoms with E-state index in [1.54, 1.807) is 0 Å². The van der Waals surface area contributed by atoms with Crippen LogP contribution < -0.4 is 0 Å². The van der Waals surface area contributed by atoms with Crippen molar-refractivity contribution in [1.82, 2.24) is 5.06 Å². The van der Waals surface area contributed by atoms with Crippen molar-refractivity contribution in [1.29, 1.82) is 0 Å². The third-order valence-corrected chi connectivity index (χ3v) is 4.41. The van der Waals surface area contributed by atoms with Gasteiger partial charge in [-0.05, 0) is 40.5 Å². The van der Waals surface area contributed by atoms with Gasteiger partial charge >= 0.3 is 0 Å². The Bertz CT molecular complexity index is 246. The fraction of sp³-hybridized carbons (Fsp3) is 1.00. The molecule has 0 saturated carbocycles. The topological polar surface area (TPSA) is 32.4 Å². The Morgan fingerprint density at radius 3 is 2.19 bits per heavy atom. The van der Waals surface area contributed by atoms with Gasteiger partial charge in [0.1, 0.15) is 0 Å². The van der Waals surface area contributed by atoms with Gasteiger partial charge in [0.05, 0.1) is 12.7 Å². The minimum Gasteiger partial charge on any atom is -0.377 e. The molecule has 0 aromatic heterocycles. The average molecular weight is 244 g/mol. The number of hydrogen-bond acceptors (Lipinski definition) is 3. The van der Waals surface area contributed by atoms with Gasteiger partial charge < -0.3 is 4.74 Å². The number of nitrogens with zero attached hydrogens (tertiary/aromatic N) is 1. The summed E-state index contributed by atoms with van der Waals surface area (Å²) in [6, 6.07) is 0. The van der Waals surface area contributed by atoms with Crippen LogP contribution in [0.2, 0.25) is 0 Å². The molecule has 4 heteroatoms. The summed E-state index contributed by atoms with van der Waals surface area (Å²) in [7, 11) is 0. The smallest absolute Gasteiger partial charge is 0.0612 e. The van der Waals surface area contributed by atoms with Gasteiger partial charge in [-0.25, -0.2) is 0 Å². The summed E-state index contributed by atoms with van der Waals surface area (Å²) in [5.41, 5.74) is -0.605. The largest absolute Gasteiger partial charge is 0.377 e. The van der Waals surface area contributed by atoms with Gasteiger partial charge in [0.15, 0.2) is 0 Å². The Balaban J connectivity index is 1.94. The highest BCUT2D eigenvalue weighted by molar-refractivity contribution is 8.06. The summed E-state index contributed by atoms with van der Waals surface area (Å²) < 4.78 is 5.94. The fourth-order valence-corrected chi connectivity index (χ4v) is 3.10. The maximum atomic E-state index is 12.1. The molecule has 2 heterocycles. The molecule has 2 aliphatic rings. The van der Waals surface area contributed by atoms with Crippen LogP contribution in [0.5, 0.6) is 0 Å². The van der Waals surface area contributed by atoms with Gasteiger partial charge in [0.25, 0.3) is 0 Å². The molecule has 0 bridgehead atoms. The number of rotatable bonds is 3. The van der Waals surface area contributed by atoms with Gasteiger partial charge in [-0.2, -0.15) is 11.8 Å². The number of piperidine rings is 1. The number of thioether (sulfide) groups is 1. The third kappa shape index (κ3) is 2.73. The molecule has 16 heavy (non-hydrogen) atoms. The monoisotopic (exact) mass is 244 g/mol. The number of hydrogen-bond donors (Lipinski definition) is 0. The van der Waals surface area contributed by atoms with Crippen LogP contribution in [0.1, 0.15) is 40.5 Å². The van der Waals surface area contributed by atoms with Crippen LogP contribution in [0.15, 0.2) is 0 Å². The molecule has 2 rings (SSSR count). The highest BCUT2D eigenvalue weighted by Gasteiger charge is 2.46. The molecule has 0 aliphatic carbocycles. The van der Waals surface area contributed by atoms with Crippen molar-refractivity contribution >= 4 is 11.8 Å². The standard InChI is InChI=1S/C12H22NO2S/c1-11(2)5-9(15-7-10-8-16-10)6-12(3,4)13(11)14/h9-10H,5-8H2,1-4H3. The van der Waals surface area contributed by atoms with E-state index >= 15 is 0 Å². The van der Waals surface area contributed by atoms with E-state index in [1.165, 1.54) is 10.8 Å². The first kappa shape index (κ1) is 12.7. The van der Waals surface area contributed by atoms with E-state index < -0.39 is 0 Å². The zero-order chi connectivity index (χ0) is 12.0. The Hall–Kier alpha value is 0.230. The normalized spacial score (nSPS) is 33.9. The molecule has 1 atom stereocenters. The first-order valence-electron chi connectivity index (χ1n) is 6.02. The molecule has 0 aromatic carbocycles. The van der Waals surface area contributed by atoms with Gasteiger partial charge in [-0.15, -0.1) is 10.3 Å². The molecular formula is C12H22NO2S. The van der Waals surface area contributed by atoms with Crippen molar-refractivity contribution in [3.63, 3.8) is 0 Å². The van der Waals surface area contributed by atoms with Gasteiger partial charge in [0.2, 0.25) is 0 Å². The summed E-state index contributed by atoms with van der Waals surface area (Å²) in [5, 5.41) is 14.1. The third-order valence-electron chi connectivity index (χ3n) is 3.47. The van der Waals surface area contributed by atoms with Gasteiger partial charge in [-0.1, -0.05) is 0 Å². The molecule has 93 valence electrons. The highest BCUT2D eigenvalue weighted by Crippen LogP contribution is 2.39. The molecule has 1 unspecified atom stereocenters. The summed E-state index contributed by atoms with van der Waals surface area (Å²) in [6.07, 6.45) is 1.94. The molecule has 1 radical (unpaired) electrons. The maximum absolute atomic E-state index is 12.1. The summed E-state index contributed by atoms with van der Waals surface area (Å²) in [6.45, 7) is 8.93. The van der Waals surface area contributed by atoms with Crippen LogP contribution in [0.3, 0.4) is 0 Å². The second-order valence-corrected chi connectivity index (χ2v) is 7.57. The van der Waals surface area contributed by atoms with E-state index in [-0.39, 0.29) is 17.2 Å². The lowest BCUT2D eigenvalue weighted by atomic mass is 9.80. The molecular weight excluding hydrogens is 222 g/mol. The van der Waals surface area contributed by atoms with Crippen molar-refractivity contribution < 1.29 is 9.94 Å². The van der Waals surface area contributed by atoms with Crippen LogP contribution in [-0.4, -0.2) is 39.9 Å². The summed E-state index contributed by atoms with van der Waals surface area (Å²) >= 11 is 1.96. The molecule has 2 saturated heterocycles. The summed E-state index contributed by atoms with van der Waals surface area (Å²) in [4.78, 5) is 0. The lowest BCUT2D eigenvalue weighted by Gasteiger charge is -2.49. The van der Waals surface area contributed by atoms with E-state index in [0.29, 0.717) is 0 Å². The number of hydroxylamine groups is 2. The lowest BCUT2D eigenvalue weighted by Crippen LogP contribution is -2.59. The van der Waals surface area contributed by atoms with Gasteiger partial charge in [0, 0.05) is 22.1 Å². The zero-order valence-electron chi connectivity index (χ0n) is 10.7. The Morgan fingerprint density at radius 2 is 1.75 bits per heavy atom. The number of ether oxygens (including phenoxy) is 1. The van der Waals surface area contributed by atoms with Crippen molar-refractivity contribution in [2.75, 3.05) is 12.4 Å². The SMILES string of the molecule is CC1(C)CC(OCC2CS2)CC(C)(C)N1[O]. The molecule has 0 N–H and O–H groups in total. The second-order valence-electron chi connectivity index (χ2n) is 6.24. The molecule has 0 aromatic rings. The Kier molecular flexibility index (Phi) is 3.30. The minimum absolute atomic E-state index is 0.247. The van der Waals surface area contributed by atoms with Crippen LogP contribution >= 0.6 is 11.8 Å². The van der Waals surface area contributed by atoms with E-state index in [4.69, 9.17) is 4.74 Å². The van der Waals surface area contributed by atoms with Crippen molar-refractivity contribution in [2.24, 2.45) is 0 Å². The molecule has 2 aliphatic heterocycles. The van der Waals surface area contributed by atoms with Crippen molar-refractivity contribution in [2.45, 2.75) is 63.0 Å². The maximum Gasteiger partial charge on any atom is 0.0612 e. The average Bonchev–Trinajstić information content (AvgIpc) is 2.93. The second kappa shape index (κ2) is 4.16. The van der Waals surface area contributed by atoms with E-state index in [0.717, 1.165) is 24.7 Å². The Labute approximate surface area is 102 Å². The highest BCUT2D eigenvalue weighted by atomic mass is 32.2. The molecule has 0 amide bonds. The zero-order valence-corrected chi connectivity index (χ0v) is 11.5. The molecule has 2 fully saturated rings. The lowest BCUT2D eigenvalue weighted by molar-refractivity contribution is -0.301. The minimum atomic E-state index is -0.302. The fourth-order valence-electron chi connectivity index (χ4n) is 2.70. The molecule has 0 spiro atoms. The van der Waals surface area contributed by atoms with Gasteiger partial charge in [-0.3, -0.25) is 0 Å². The van der Waals surface area contributed by atoms with Crippen molar-refractivity contribution in [3.05, 3.63) is 0 Å². The molecule has 3 nitrogen and oxygen atoms in total. The Morgan fingerprint density at radius 1 is 1.25 bits per heavy atom. The predicted molar refractivity (Wildman–Crippen MR) is 65.9 cm³/mol. The first-order valence-corrected chi connectivity index (χ1v) is 7.07. The predicted octanol–water partition coefficient (Wildman–Crippen LogP) is 2.49. The van der Waals surface area contributed by atoms with E-state index in [9.17, 15) is 5.21 Å². The van der Waals surface area contributed by atoms with Crippen LogP contribution in [0, 0.1) is 0 Å². The van der Waals surface area contributed by atoms with Crippen LogP contribution in [0.25, 0.3) is 0 Å². The quantitative estimate of drug-likeness (QED) is 0.715. The van der Waals surface area contributed by atoms with E-state index in [2.05, 4.69) is 0 Å². The van der Waals surface area contributed by atoms with Crippen LogP contribution in [-0.2, 0) is 9.94 Å². The van der Waals surface area contributed by atoms with Crippen molar-refractivity contribution in [3.8, 4) is 0 Å². The first-order chi connectivity index (χ1) is 7.31. The van der Waals surface area contributed by atoms with Crippen LogP contribution in [0.4, 0.5) is 0 Å².